The van der Waals surface area contributed by atoms with Crippen LogP contribution >= 0.6 is 11.8 Å². The van der Waals surface area contributed by atoms with E-state index in [0.717, 1.165) is 0 Å². The summed E-state index contributed by atoms with van der Waals surface area (Å²) in [4.78, 5) is 4.15. The number of ether oxygens (including phenoxy) is 1. The summed E-state index contributed by atoms with van der Waals surface area (Å²) < 4.78 is 29.7. The zero-order chi connectivity index (χ0) is 14.0. The molecule has 1 aromatic rings. The average Bonchev–Trinajstić information content (AvgIpc) is 2.91. The fourth-order valence-electron chi connectivity index (χ4n) is 1.55. The first-order valence-corrected chi connectivity index (χ1v) is 7.24. The summed E-state index contributed by atoms with van der Waals surface area (Å²) in [6.07, 6.45) is 0. The van der Waals surface area contributed by atoms with Crippen molar-refractivity contribution in [3.63, 3.8) is 0 Å². The second kappa shape index (κ2) is 5.18. The first-order valence-electron chi connectivity index (χ1n) is 5.47. The standard InChI is InChI=1S/C11H12ClN3O3S/c1-8(13)15(12)19(16,17)10-4-2-9(3-5-10)11-14-6-7-18-11/h2-5,13H,6-7H2,1H3. The van der Waals surface area contributed by atoms with Crippen molar-refractivity contribution in [1.82, 2.24) is 3.82 Å². The first-order chi connectivity index (χ1) is 8.93. The molecule has 19 heavy (non-hydrogen) atoms. The molecule has 0 amide bonds. The molecule has 0 aliphatic carbocycles. The van der Waals surface area contributed by atoms with Crippen LogP contribution in [0.4, 0.5) is 0 Å². The van der Waals surface area contributed by atoms with E-state index in [2.05, 4.69) is 4.99 Å². The highest BCUT2D eigenvalue weighted by Crippen LogP contribution is 2.19. The van der Waals surface area contributed by atoms with Gasteiger partial charge in [0, 0.05) is 17.3 Å². The van der Waals surface area contributed by atoms with Gasteiger partial charge in [0.2, 0.25) is 5.90 Å². The molecule has 1 aliphatic rings. The maximum absolute atomic E-state index is 12.0. The van der Waals surface area contributed by atoms with E-state index in [1.165, 1.54) is 19.1 Å². The number of amidine groups is 1. The van der Waals surface area contributed by atoms with Crippen molar-refractivity contribution in [1.29, 1.82) is 5.41 Å². The third kappa shape index (κ3) is 2.71. The highest BCUT2D eigenvalue weighted by atomic mass is 35.5. The van der Waals surface area contributed by atoms with Gasteiger partial charge in [0.15, 0.2) is 0 Å². The summed E-state index contributed by atoms with van der Waals surface area (Å²) >= 11 is 5.58. The molecule has 0 saturated carbocycles. The number of benzene rings is 1. The minimum Gasteiger partial charge on any atom is -0.476 e. The molecule has 2 rings (SSSR count). The van der Waals surface area contributed by atoms with Gasteiger partial charge in [0.25, 0.3) is 10.0 Å². The van der Waals surface area contributed by atoms with Gasteiger partial charge in [0.1, 0.15) is 12.4 Å². The van der Waals surface area contributed by atoms with Crippen LogP contribution < -0.4 is 0 Å². The first kappa shape index (κ1) is 13.8. The summed E-state index contributed by atoms with van der Waals surface area (Å²) in [6, 6.07) is 6.02. The number of nitrogens with one attached hydrogen (secondary N) is 1. The van der Waals surface area contributed by atoms with Crippen LogP contribution in [-0.2, 0) is 14.8 Å². The molecule has 102 valence electrons. The van der Waals surface area contributed by atoms with Crippen LogP contribution in [0.1, 0.15) is 12.5 Å². The largest absolute Gasteiger partial charge is 0.476 e. The molecule has 0 atom stereocenters. The second-order valence-electron chi connectivity index (χ2n) is 3.86. The fraction of sp³-hybridized carbons (Fsp3) is 0.273. The van der Waals surface area contributed by atoms with Crippen LogP contribution in [0.15, 0.2) is 34.2 Å². The number of hydrogen-bond acceptors (Lipinski definition) is 5. The smallest absolute Gasteiger partial charge is 0.279 e. The Kier molecular flexibility index (Phi) is 3.77. The van der Waals surface area contributed by atoms with Gasteiger partial charge in [-0.3, -0.25) is 5.41 Å². The molecule has 1 N–H and O–H groups in total. The molecule has 0 bridgehead atoms. The Bertz CT molecular complexity index is 625. The summed E-state index contributed by atoms with van der Waals surface area (Å²) in [5.41, 5.74) is 0.712. The minimum absolute atomic E-state index is 0.0106. The number of halogens is 1. The van der Waals surface area contributed by atoms with Crippen LogP contribution in [0, 0.1) is 5.41 Å². The van der Waals surface area contributed by atoms with Crippen molar-refractivity contribution in [3.8, 4) is 0 Å². The SMILES string of the molecule is CC(=N)N(Cl)S(=O)(=O)c1ccc(C2=NCCO2)cc1. The molecule has 0 saturated heterocycles. The average molecular weight is 302 g/mol. The van der Waals surface area contributed by atoms with E-state index < -0.39 is 10.0 Å². The molecule has 1 heterocycles. The van der Waals surface area contributed by atoms with Crippen molar-refractivity contribution in [2.24, 2.45) is 4.99 Å². The number of sulfonamides is 1. The molecular weight excluding hydrogens is 290 g/mol. The Morgan fingerprint density at radius 1 is 1.42 bits per heavy atom. The van der Waals surface area contributed by atoms with E-state index in [-0.39, 0.29) is 10.7 Å². The molecule has 0 radical (unpaired) electrons. The minimum atomic E-state index is -3.88. The molecule has 6 nitrogen and oxygen atoms in total. The van der Waals surface area contributed by atoms with Gasteiger partial charge < -0.3 is 4.74 Å². The Morgan fingerprint density at radius 3 is 2.53 bits per heavy atom. The third-order valence-electron chi connectivity index (χ3n) is 2.46. The van der Waals surface area contributed by atoms with Gasteiger partial charge >= 0.3 is 0 Å². The maximum Gasteiger partial charge on any atom is 0.279 e. The van der Waals surface area contributed by atoms with Crippen molar-refractivity contribution >= 4 is 33.5 Å². The maximum atomic E-state index is 12.0. The van der Waals surface area contributed by atoms with Crippen LogP contribution in [0.2, 0.25) is 0 Å². The summed E-state index contributed by atoms with van der Waals surface area (Å²) in [7, 11) is -3.88. The summed E-state index contributed by atoms with van der Waals surface area (Å²) in [5.74, 6) is 0.240. The van der Waals surface area contributed by atoms with Gasteiger partial charge in [0.05, 0.1) is 11.4 Å². The van der Waals surface area contributed by atoms with Crippen molar-refractivity contribution in [2.45, 2.75) is 11.8 Å². The predicted molar refractivity (Wildman–Crippen MR) is 72.1 cm³/mol. The Morgan fingerprint density at radius 2 is 2.05 bits per heavy atom. The molecule has 0 aromatic heterocycles. The van der Waals surface area contributed by atoms with E-state index >= 15 is 0 Å². The van der Waals surface area contributed by atoms with Gasteiger partial charge in [-0.15, -0.1) is 0 Å². The second-order valence-corrected chi connectivity index (χ2v) is 6.19. The van der Waals surface area contributed by atoms with E-state index in [9.17, 15) is 8.42 Å². The van der Waals surface area contributed by atoms with Crippen LogP contribution in [0.25, 0.3) is 0 Å². The van der Waals surface area contributed by atoms with Crippen molar-refractivity contribution < 1.29 is 13.2 Å². The summed E-state index contributed by atoms with van der Waals surface area (Å²) in [6.45, 7) is 2.44. The van der Waals surface area contributed by atoms with E-state index in [0.29, 0.717) is 28.4 Å². The van der Waals surface area contributed by atoms with E-state index in [4.69, 9.17) is 21.9 Å². The lowest BCUT2D eigenvalue weighted by molar-refractivity contribution is 0.348. The zero-order valence-corrected chi connectivity index (χ0v) is 11.7. The van der Waals surface area contributed by atoms with Crippen LogP contribution in [-0.4, -0.2) is 37.1 Å². The Balaban J connectivity index is 2.30. The van der Waals surface area contributed by atoms with Gasteiger partial charge in [-0.2, -0.15) is 12.2 Å². The zero-order valence-electron chi connectivity index (χ0n) is 10.1. The molecule has 1 aromatic carbocycles. The van der Waals surface area contributed by atoms with Crippen molar-refractivity contribution in [2.75, 3.05) is 13.2 Å². The lowest BCUT2D eigenvalue weighted by Gasteiger charge is -2.14. The monoisotopic (exact) mass is 301 g/mol. The lowest BCUT2D eigenvalue weighted by atomic mass is 10.2. The van der Waals surface area contributed by atoms with Crippen LogP contribution in [0.3, 0.4) is 0 Å². The van der Waals surface area contributed by atoms with Gasteiger partial charge in [-0.1, -0.05) is 0 Å². The number of rotatable bonds is 3. The molecule has 1 aliphatic heterocycles. The van der Waals surface area contributed by atoms with Crippen LogP contribution in [0.5, 0.6) is 0 Å². The normalized spacial score (nSPS) is 14.7. The highest BCUT2D eigenvalue weighted by Gasteiger charge is 2.23. The molecule has 0 spiro atoms. The number of hydrogen-bond donors (Lipinski definition) is 1. The number of aliphatic imine (C=N–C) groups is 1. The Labute approximate surface area is 116 Å². The highest BCUT2D eigenvalue weighted by molar-refractivity contribution is 7.90. The van der Waals surface area contributed by atoms with Gasteiger partial charge in [-0.25, -0.2) is 4.99 Å². The van der Waals surface area contributed by atoms with Crippen molar-refractivity contribution in [3.05, 3.63) is 29.8 Å². The number of nitrogens with zero attached hydrogens (tertiary/aromatic N) is 2. The topological polar surface area (TPSA) is 82.8 Å². The van der Waals surface area contributed by atoms with E-state index in [1.807, 2.05) is 0 Å². The summed E-state index contributed by atoms with van der Waals surface area (Å²) in [5, 5.41) is 7.26. The molecule has 8 heteroatoms. The fourth-order valence-corrected chi connectivity index (χ4v) is 2.82. The molecule has 0 unspecified atom stereocenters. The Hall–Kier alpha value is -1.60. The quantitative estimate of drug-likeness (QED) is 0.523. The van der Waals surface area contributed by atoms with Gasteiger partial charge in [-0.05, 0) is 31.2 Å². The molecule has 0 fully saturated rings. The predicted octanol–water partition coefficient (Wildman–Crippen LogP) is 1.61. The molecular formula is C11H12ClN3O3S. The van der Waals surface area contributed by atoms with E-state index in [1.54, 1.807) is 12.1 Å². The lowest BCUT2D eigenvalue weighted by Crippen LogP contribution is -2.25. The third-order valence-corrected chi connectivity index (χ3v) is 4.82.